The Kier molecular flexibility index (Phi) is 7.08. The summed E-state index contributed by atoms with van der Waals surface area (Å²) < 4.78 is 9.82. The first kappa shape index (κ1) is 23.0. The first-order valence-corrected chi connectivity index (χ1v) is 11.5. The van der Waals surface area contributed by atoms with Gasteiger partial charge in [-0.3, -0.25) is 14.2 Å². The lowest BCUT2D eigenvalue weighted by molar-refractivity contribution is -0.122. The molecule has 0 spiro atoms. The van der Waals surface area contributed by atoms with Crippen LogP contribution in [0.2, 0.25) is 0 Å². The maximum absolute atomic E-state index is 13.4. The Morgan fingerprint density at radius 2 is 2.00 bits per heavy atom. The number of amides is 1. The number of carbonyl (C=O) groups excluding carboxylic acids is 1. The van der Waals surface area contributed by atoms with Crippen LogP contribution >= 0.6 is 0 Å². The summed E-state index contributed by atoms with van der Waals surface area (Å²) in [6, 6.07) is 9.53. The zero-order valence-electron chi connectivity index (χ0n) is 19.2. The van der Waals surface area contributed by atoms with Crippen molar-refractivity contribution in [3.05, 3.63) is 63.1 Å². The molecule has 1 atom stereocenters. The third-order valence-corrected chi connectivity index (χ3v) is 5.97. The fourth-order valence-electron chi connectivity index (χ4n) is 4.09. The second-order valence-electron chi connectivity index (χ2n) is 8.98. The van der Waals surface area contributed by atoms with Gasteiger partial charge in [0.05, 0.1) is 19.0 Å². The highest BCUT2D eigenvalue weighted by Gasteiger charge is 2.21. The third-order valence-electron chi connectivity index (χ3n) is 5.97. The number of nitrogens with zero attached hydrogens (tertiary/aromatic N) is 4. The van der Waals surface area contributed by atoms with Gasteiger partial charge in [0.15, 0.2) is 11.2 Å². The van der Waals surface area contributed by atoms with Crippen LogP contribution < -0.4 is 16.6 Å². The minimum atomic E-state index is -0.544. The monoisotopic (exact) mass is 453 g/mol. The van der Waals surface area contributed by atoms with E-state index in [2.05, 4.69) is 24.1 Å². The number of hydrogen-bond acceptors (Lipinski definition) is 5. The second kappa shape index (κ2) is 10.2. The molecule has 33 heavy (non-hydrogen) atoms. The Morgan fingerprint density at radius 1 is 1.21 bits per heavy atom. The van der Waals surface area contributed by atoms with Gasteiger partial charge in [0.1, 0.15) is 6.54 Å². The number of aromatic nitrogens is 4. The van der Waals surface area contributed by atoms with Crippen LogP contribution in [0.1, 0.15) is 38.7 Å². The van der Waals surface area contributed by atoms with E-state index in [-0.39, 0.29) is 25.1 Å². The molecule has 1 aliphatic rings. The number of hydrogen-bond donors (Lipinski definition) is 1. The number of fused-ring (bicyclic) bond motifs is 1. The number of rotatable bonds is 9. The average molecular weight is 454 g/mol. The normalized spacial score (nSPS) is 16.0. The lowest BCUT2D eigenvalue weighted by atomic mass is 10.1. The molecule has 1 fully saturated rings. The fraction of sp³-hybridized carbons (Fsp3) is 0.500. The molecule has 1 N–H and O–H groups in total. The number of carbonyl (C=O) groups is 1. The van der Waals surface area contributed by atoms with Crippen molar-refractivity contribution in [3.8, 4) is 0 Å². The smallest absolute Gasteiger partial charge is 0.333 e. The molecular weight excluding hydrogens is 422 g/mol. The molecule has 0 unspecified atom stereocenters. The summed E-state index contributed by atoms with van der Waals surface area (Å²) >= 11 is 0. The van der Waals surface area contributed by atoms with Crippen LogP contribution in [0.15, 0.2) is 46.2 Å². The highest BCUT2D eigenvalue weighted by atomic mass is 16.5. The molecule has 176 valence electrons. The van der Waals surface area contributed by atoms with Crippen LogP contribution in [0.4, 0.5) is 0 Å². The largest absolute Gasteiger partial charge is 0.376 e. The van der Waals surface area contributed by atoms with Gasteiger partial charge in [-0.25, -0.2) is 14.3 Å². The van der Waals surface area contributed by atoms with E-state index in [9.17, 15) is 14.4 Å². The molecule has 1 aromatic carbocycles. The molecule has 9 heteroatoms. The highest BCUT2D eigenvalue weighted by molar-refractivity contribution is 5.76. The fourth-order valence-corrected chi connectivity index (χ4v) is 4.09. The maximum Gasteiger partial charge on any atom is 0.333 e. The van der Waals surface area contributed by atoms with Crippen LogP contribution in [0, 0.1) is 5.92 Å². The lowest BCUT2D eigenvalue weighted by Crippen LogP contribution is -2.45. The van der Waals surface area contributed by atoms with E-state index >= 15 is 0 Å². The van der Waals surface area contributed by atoms with Crippen molar-refractivity contribution in [1.82, 2.24) is 24.0 Å². The number of aryl methyl sites for hydroxylation is 1. The van der Waals surface area contributed by atoms with Crippen molar-refractivity contribution in [2.24, 2.45) is 5.92 Å². The maximum atomic E-state index is 13.4. The van der Waals surface area contributed by atoms with Crippen molar-refractivity contribution in [2.75, 3.05) is 13.2 Å². The zero-order chi connectivity index (χ0) is 23.4. The van der Waals surface area contributed by atoms with Gasteiger partial charge in [-0.05, 0) is 30.7 Å². The molecule has 0 radical (unpaired) electrons. The van der Waals surface area contributed by atoms with Gasteiger partial charge >= 0.3 is 5.69 Å². The summed E-state index contributed by atoms with van der Waals surface area (Å²) in [6.07, 6.45) is 4.33. The molecule has 0 bridgehead atoms. The number of nitrogens with one attached hydrogen (secondary N) is 1. The van der Waals surface area contributed by atoms with Gasteiger partial charge in [-0.15, -0.1) is 0 Å². The molecule has 2 aromatic heterocycles. The minimum absolute atomic E-state index is 0.0136. The van der Waals surface area contributed by atoms with Gasteiger partial charge in [-0.2, -0.15) is 0 Å². The van der Waals surface area contributed by atoms with Crippen molar-refractivity contribution in [3.63, 3.8) is 0 Å². The Morgan fingerprint density at radius 3 is 2.70 bits per heavy atom. The minimum Gasteiger partial charge on any atom is -0.376 e. The summed E-state index contributed by atoms with van der Waals surface area (Å²) in [7, 11) is 0. The van der Waals surface area contributed by atoms with E-state index in [0.29, 0.717) is 36.8 Å². The molecule has 3 heterocycles. The first-order chi connectivity index (χ1) is 15.9. The average Bonchev–Trinajstić information content (AvgIpc) is 3.47. The standard InChI is InChI=1S/C24H31N5O4/c1-17(2)10-11-27-16-26-22-21(27)23(31)29(15-20(30)25-13-19-9-6-12-33-19)24(32)28(22)14-18-7-4-3-5-8-18/h3-5,7-8,16-17,19H,6,9-15H2,1-2H3,(H,25,30)/t19-/m1/s1. The van der Waals surface area contributed by atoms with Crippen molar-refractivity contribution in [2.45, 2.75) is 58.8 Å². The third kappa shape index (κ3) is 5.24. The van der Waals surface area contributed by atoms with E-state index in [1.165, 1.54) is 4.57 Å². The van der Waals surface area contributed by atoms with Crippen molar-refractivity contribution < 1.29 is 9.53 Å². The first-order valence-electron chi connectivity index (χ1n) is 11.5. The number of ether oxygens (including phenoxy) is 1. The predicted octanol–water partition coefficient (Wildman–Crippen LogP) is 1.75. The number of benzene rings is 1. The summed E-state index contributed by atoms with van der Waals surface area (Å²) in [5.74, 6) is 0.0621. The van der Waals surface area contributed by atoms with Crippen LogP contribution in [-0.2, 0) is 29.2 Å². The molecule has 9 nitrogen and oxygen atoms in total. The molecule has 0 saturated carbocycles. The summed E-state index contributed by atoms with van der Waals surface area (Å²) in [6.45, 7) is 5.82. The Hall–Kier alpha value is -3.20. The SMILES string of the molecule is CC(C)CCn1cnc2c1c(=O)n(CC(=O)NC[C@H]1CCCO1)c(=O)n2Cc1ccccc1. The Bertz CT molecular complexity index is 1220. The van der Waals surface area contributed by atoms with Crippen molar-refractivity contribution >= 4 is 17.1 Å². The van der Waals surface area contributed by atoms with E-state index in [1.54, 1.807) is 10.9 Å². The van der Waals surface area contributed by atoms with Gasteiger partial charge < -0.3 is 14.6 Å². The molecule has 3 aromatic rings. The van der Waals surface area contributed by atoms with Crippen molar-refractivity contribution in [1.29, 1.82) is 0 Å². The van der Waals surface area contributed by atoms with Crippen LogP contribution in [0.25, 0.3) is 11.2 Å². The van der Waals surface area contributed by atoms with E-state index in [1.807, 2.05) is 30.3 Å². The summed E-state index contributed by atoms with van der Waals surface area (Å²) in [5, 5.41) is 2.80. The molecule has 1 aliphatic heterocycles. The van der Waals surface area contributed by atoms with Gasteiger partial charge in [0.25, 0.3) is 5.56 Å². The Balaban J connectivity index is 1.70. The van der Waals surface area contributed by atoms with E-state index in [0.717, 1.165) is 29.4 Å². The molecule has 1 amide bonds. The molecule has 4 rings (SSSR count). The zero-order valence-corrected chi connectivity index (χ0v) is 19.2. The molecule has 1 saturated heterocycles. The van der Waals surface area contributed by atoms with Gasteiger partial charge in [0.2, 0.25) is 5.91 Å². The van der Waals surface area contributed by atoms with E-state index in [4.69, 9.17) is 4.74 Å². The van der Waals surface area contributed by atoms with Crippen LogP contribution in [0.3, 0.4) is 0 Å². The Labute approximate surface area is 192 Å². The summed E-state index contributed by atoms with van der Waals surface area (Å²) in [4.78, 5) is 43.8. The molecular formula is C24H31N5O4. The topological polar surface area (TPSA) is 100 Å². The van der Waals surface area contributed by atoms with Crippen LogP contribution in [0.5, 0.6) is 0 Å². The highest BCUT2D eigenvalue weighted by Crippen LogP contribution is 2.13. The second-order valence-corrected chi connectivity index (χ2v) is 8.98. The lowest BCUT2D eigenvalue weighted by Gasteiger charge is -2.14. The summed E-state index contributed by atoms with van der Waals surface area (Å²) in [5.41, 5.74) is 0.558. The number of imidazole rings is 1. The predicted molar refractivity (Wildman–Crippen MR) is 125 cm³/mol. The van der Waals surface area contributed by atoms with Crippen LogP contribution in [-0.4, -0.2) is 43.8 Å². The molecule has 0 aliphatic carbocycles. The van der Waals surface area contributed by atoms with Gasteiger partial charge in [0, 0.05) is 19.7 Å². The quantitative estimate of drug-likeness (QED) is 0.532. The van der Waals surface area contributed by atoms with Gasteiger partial charge in [-0.1, -0.05) is 44.2 Å². The van der Waals surface area contributed by atoms with E-state index < -0.39 is 11.2 Å².